The van der Waals surface area contributed by atoms with Crippen LogP contribution in [-0.2, 0) is 11.2 Å². The Kier molecular flexibility index (Phi) is 3.55. The summed E-state index contributed by atoms with van der Waals surface area (Å²) in [5.41, 5.74) is 3.42. The second-order valence-electron chi connectivity index (χ2n) is 4.41. The van der Waals surface area contributed by atoms with Gasteiger partial charge in [-0.05, 0) is 31.5 Å². The summed E-state index contributed by atoms with van der Waals surface area (Å²) in [6.07, 6.45) is 1.56. The van der Waals surface area contributed by atoms with Crippen LogP contribution in [-0.4, -0.2) is 28.0 Å². The third-order valence-electron chi connectivity index (χ3n) is 3.02. The van der Waals surface area contributed by atoms with Crippen molar-refractivity contribution in [1.29, 1.82) is 0 Å². The van der Waals surface area contributed by atoms with Crippen LogP contribution in [0.1, 0.15) is 16.8 Å². The molecule has 5 heteroatoms. The summed E-state index contributed by atoms with van der Waals surface area (Å²) in [5.74, 6) is -0.155. The number of benzene rings is 1. The van der Waals surface area contributed by atoms with Crippen molar-refractivity contribution in [3.05, 3.63) is 41.2 Å². The predicted molar refractivity (Wildman–Crippen MR) is 70.9 cm³/mol. The number of aliphatic carboxylic acids is 1. The SMILES string of the molecule is COc1ccc(C)cc1-n1ncc(CC(=O)O)c1C. The molecule has 1 aromatic carbocycles. The molecule has 2 aromatic rings. The van der Waals surface area contributed by atoms with E-state index in [1.54, 1.807) is 18.0 Å². The molecule has 0 amide bonds. The molecule has 19 heavy (non-hydrogen) atoms. The number of carbonyl (C=O) groups is 1. The first-order chi connectivity index (χ1) is 9.02. The summed E-state index contributed by atoms with van der Waals surface area (Å²) < 4.78 is 7.04. The van der Waals surface area contributed by atoms with Gasteiger partial charge < -0.3 is 9.84 Å². The summed E-state index contributed by atoms with van der Waals surface area (Å²) in [6.45, 7) is 3.84. The van der Waals surface area contributed by atoms with Gasteiger partial charge in [-0.3, -0.25) is 4.79 Å². The van der Waals surface area contributed by atoms with Crippen LogP contribution < -0.4 is 4.74 Å². The van der Waals surface area contributed by atoms with Crippen LogP contribution in [0.4, 0.5) is 0 Å². The van der Waals surface area contributed by atoms with E-state index in [4.69, 9.17) is 9.84 Å². The van der Waals surface area contributed by atoms with Crippen LogP contribution >= 0.6 is 0 Å². The lowest BCUT2D eigenvalue weighted by Crippen LogP contribution is -2.05. The number of hydrogen-bond donors (Lipinski definition) is 1. The van der Waals surface area contributed by atoms with Crippen molar-refractivity contribution in [2.75, 3.05) is 7.11 Å². The van der Waals surface area contributed by atoms with Gasteiger partial charge in [-0.15, -0.1) is 0 Å². The Bertz CT molecular complexity index is 617. The Morgan fingerprint density at radius 1 is 1.42 bits per heavy atom. The van der Waals surface area contributed by atoms with E-state index in [1.165, 1.54) is 0 Å². The summed E-state index contributed by atoms with van der Waals surface area (Å²) >= 11 is 0. The van der Waals surface area contributed by atoms with Crippen molar-refractivity contribution in [3.63, 3.8) is 0 Å². The molecule has 0 radical (unpaired) electrons. The van der Waals surface area contributed by atoms with Crippen molar-refractivity contribution in [2.45, 2.75) is 20.3 Å². The molecule has 0 saturated heterocycles. The largest absolute Gasteiger partial charge is 0.494 e. The molecule has 0 aliphatic rings. The molecule has 5 nitrogen and oxygen atoms in total. The van der Waals surface area contributed by atoms with Gasteiger partial charge in [0.15, 0.2) is 0 Å². The van der Waals surface area contributed by atoms with Gasteiger partial charge in [-0.1, -0.05) is 6.07 Å². The van der Waals surface area contributed by atoms with Gasteiger partial charge in [0.2, 0.25) is 0 Å². The molecular weight excluding hydrogens is 244 g/mol. The first-order valence-electron chi connectivity index (χ1n) is 5.93. The van der Waals surface area contributed by atoms with Crippen LogP contribution in [0.3, 0.4) is 0 Å². The van der Waals surface area contributed by atoms with Crippen molar-refractivity contribution in [3.8, 4) is 11.4 Å². The number of carboxylic acid groups (broad SMARTS) is 1. The fourth-order valence-electron chi connectivity index (χ4n) is 1.99. The zero-order valence-corrected chi connectivity index (χ0v) is 11.2. The van der Waals surface area contributed by atoms with E-state index >= 15 is 0 Å². The first-order valence-corrected chi connectivity index (χ1v) is 5.93. The Balaban J connectivity index is 2.50. The fraction of sp³-hybridized carbons (Fsp3) is 0.286. The van der Waals surface area contributed by atoms with Crippen LogP contribution in [0.5, 0.6) is 5.75 Å². The molecule has 0 saturated carbocycles. The molecule has 0 aliphatic carbocycles. The lowest BCUT2D eigenvalue weighted by molar-refractivity contribution is -0.136. The molecule has 2 rings (SSSR count). The molecule has 100 valence electrons. The maximum Gasteiger partial charge on any atom is 0.307 e. The molecule has 1 N–H and O–H groups in total. The molecular formula is C14H16N2O3. The highest BCUT2D eigenvalue weighted by Crippen LogP contribution is 2.25. The van der Waals surface area contributed by atoms with E-state index in [0.29, 0.717) is 11.3 Å². The Morgan fingerprint density at radius 3 is 2.79 bits per heavy atom. The van der Waals surface area contributed by atoms with Crippen LogP contribution in [0.25, 0.3) is 5.69 Å². The number of nitrogens with zero attached hydrogens (tertiary/aromatic N) is 2. The summed E-state index contributed by atoms with van der Waals surface area (Å²) in [5, 5.41) is 13.1. The predicted octanol–water partition coefficient (Wildman–Crippen LogP) is 2.12. The van der Waals surface area contributed by atoms with E-state index in [2.05, 4.69) is 5.10 Å². The number of aromatic nitrogens is 2. The highest BCUT2D eigenvalue weighted by atomic mass is 16.5. The Labute approximate surface area is 111 Å². The lowest BCUT2D eigenvalue weighted by Gasteiger charge is -2.11. The highest BCUT2D eigenvalue weighted by Gasteiger charge is 2.14. The minimum atomic E-state index is -0.862. The first kappa shape index (κ1) is 13.1. The number of rotatable bonds is 4. The van der Waals surface area contributed by atoms with Gasteiger partial charge in [-0.2, -0.15) is 5.10 Å². The van der Waals surface area contributed by atoms with E-state index in [0.717, 1.165) is 16.9 Å². The maximum absolute atomic E-state index is 10.8. The Morgan fingerprint density at radius 2 is 2.16 bits per heavy atom. The van der Waals surface area contributed by atoms with E-state index < -0.39 is 5.97 Å². The van der Waals surface area contributed by atoms with E-state index in [9.17, 15) is 4.79 Å². The average molecular weight is 260 g/mol. The normalized spacial score (nSPS) is 10.5. The summed E-state index contributed by atoms with van der Waals surface area (Å²) in [7, 11) is 1.60. The van der Waals surface area contributed by atoms with Crippen molar-refractivity contribution in [2.24, 2.45) is 0 Å². The third-order valence-corrected chi connectivity index (χ3v) is 3.02. The van der Waals surface area contributed by atoms with Gasteiger partial charge in [0.1, 0.15) is 11.4 Å². The van der Waals surface area contributed by atoms with Gasteiger partial charge in [0, 0.05) is 11.3 Å². The number of ether oxygens (including phenoxy) is 1. The van der Waals surface area contributed by atoms with Crippen molar-refractivity contribution >= 4 is 5.97 Å². The average Bonchev–Trinajstić information content (AvgIpc) is 2.70. The van der Waals surface area contributed by atoms with Crippen molar-refractivity contribution < 1.29 is 14.6 Å². The highest BCUT2D eigenvalue weighted by molar-refractivity contribution is 5.70. The van der Waals surface area contributed by atoms with E-state index in [1.807, 2.05) is 32.0 Å². The lowest BCUT2D eigenvalue weighted by atomic mass is 10.1. The van der Waals surface area contributed by atoms with Gasteiger partial charge in [0.05, 0.1) is 19.7 Å². The monoisotopic (exact) mass is 260 g/mol. The number of methoxy groups -OCH3 is 1. The molecule has 0 unspecified atom stereocenters. The van der Waals surface area contributed by atoms with Crippen LogP contribution in [0.2, 0.25) is 0 Å². The molecule has 0 fully saturated rings. The number of carboxylic acids is 1. The standard InChI is InChI=1S/C14H16N2O3/c1-9-4-5-13(19-3)12(6-9)16-10(2)11(8-15-16)7-14(17)18/h4-6,8H,7H2,1-3H3,(H,17,18). The second-order valence-corrected chi connectivity index (χ2v) is 4.41. The second kappa shape index (κ2) is 5.14. The van der Waals surface area contributed by atoms with Gasteiger partial charge in [-0.25, -0.2) is 4.68 Å². The molecule has 1 aromatic heterocycles. The summed E-state index contributed by atoms with van der Waals surface area (Å²) in [6, 6.07) is 5.80. The van der Waals surface area contributed by atoms with Crippen molar-refractivity contribution in [1.82, 2.24) is 9.78 Å². The number of hydrogen-bond acceptors (Lipinski definition) is 3. The fourth-order valence-corrected chi connectivity index (χ4v) is 1.99. The smallest absolute Gasteiger partial charge is 0.307 e. The summed E-state index contributed by atoms with van der Waals surface area (Å²) in [4.78, 5) is 10.8. The number of aryl methyl sites for hydroxylation is 1. The van der Waals surface area contributed by atoms with Gasteiger partial charge in [0.25, 0.3) is 0 Å². The minimum Gasteiger partial charge on any atom is -0.494 e. The molecule has 1 heterocycles. The van der Waals surface area contributed by atoms with Crippen LogP contribution in [0.15, 0.2) is 24.4 Å². The van der Waals surface area contributed by atoms with Crippen LogP contribution in [0, 0.1) is 13.8 Å². The Hall–Kier alpha value is -2.30. The molecule has 0 atom stereocenters. The van der Waals surface area contributed by atoms with E-state index in [-0.39, 0.29) is 6.42 Å². The van der Waals surface area contributed by atoms with Gasteiger partial charge >= 0.3 is 5.97 Å². The topological polar surface area (TPSA) is 64.4 Å². The molecule has 0 aliphatic heterocycles. The zero-order valence-electron chi connectivity index (χ0n) is 11.2. The molecule has 0 spiro atoms. The molecule has 0 bridgehead atoms. The zero-order chi connectivity index (χ0) is 14.0. The third kappa shape index (κ3) is 2.59. The maximum atomic E-state index is 10.8. The quantitative estimate of drug-likeness (QED) is 0.914. The minimum absolute atomic E-state index is 0.0278.